The molecule has 3 aromatic carbocycles. The molecule has 1 saturated heterocycles. The number of ether oxygens (including phenoxy) is 3. The summed E-state index contributed by atoms with van der Waals surface area (Å²) in [5.41, 5.74) is 8.22. The summed E-state index contributed by atoms with van der Waals surface area (Å²) in [4.78, 5) is 32.0. The third-order valence-electron chi connectivity index (χ3n) is 7.34. The molecule has 224 valence electrons. The number of carboxylic acid groups (broad SMARTS) is 1. The van der Waals surface area contributed by atoms with Crippen molar-refractivity contribution in [3.63, 3.8) is 0 Å². The normalized spacial score (nSPS) is 17.1. The molecular weight excluding hydrogens is 548 g/mol. The van der Waals surface area contributed by atoms with Crippen LogP contribution in [0.2, 0.25) is 0 Å². The van der Waals surface area contributed by atoms with Gasteiger partial charge in [0.25, 0.3) is 0 Å². The predicted molar refractivity (Wildman–Crippen MR) is 164 cm³/mol. The monoisotopic (exact) mass is 584 g/mol. The van der Waals surface area contributed by atoms with Gasteiger partial charge in [-0.05, 0) is 73.7 Å². The topological polar surface area (TPSA) is 136 Å². The molecule has 1 fully saturated rings. The van der Waals surface area contributed by atoms with Gasteiger partial charge in [-0.3, -0.25) is 4.79 Å². The Morgan fingerprint density at radius 3 is 2.58 bits per heavy atom. The lowest BCUT2D eigenvalue weighted by Gasteiger charge is -2.32. The Morgan fingerprint density at radius 1 is 1.07 bits per heavy atom. The molecule has 2 heterocycles. The Hall–Kier alpha value is -4.99. The highest BCUT2D eigenvalue weighted by Gasteiger charge is 2.43. The Morgan fingerprint density at radius 2 is 1.86 bits per heavy atom. The van der Waals surface area contributed by atoms with Crippen LogP contribution in [0.15, 0.2) is 79.0 Å². The lowest BCUT2D eigenvalue weighted by molar-refractivity contribution is -0.134. The number of hydrogen-bond acceptors (Lipinski definition) is 8. The number of anilines is 2. The summed E-state index contributed by atoms with van der Waals surface area (Å²) in [6.45, 7) is 6.50. The molecule has 3 unspecified atom stereocenters. The first-order valence-electron chi connectivity index (χ1n) is 14.3. The van der Waals surface area contributed by atoms with E-state index in [9.17, 15) is 14.7 Å². The van der Waals surface area contributed by atoms with Crippen molar-refractivity contribution in [2.24, 2.45) is 0 Å². The number of nitrogens with two attached hydrogens (primary N) is 1. The van der Waals surface area contributed by atoms with Crippen molar-refractivity contribution in [3.8, 4) is 11.5 Å². The molecule has 4 aromatic rings. The van der Waals surface area contributed by atoms with Gasteiger partial charge in [-0.2, -0.15) is 0 Å². The zero-order valence-corrected chi connectivity index (χ0v) is 24.4. The van der Waals surface area contributed by atoms with Crippen molar-refractivity contribution in [1.82, 2.24) is 9.88 Å². The predicted octanol–water partition coefficient (Wildman–Crippen LogP) is 6.19. The number of amides is 1. The zero-order chi connectivity index (χ0) is 30.5. The first kappa shape index (κ1) is 29.5. The molecule has 10 heteroatoms. The first-order chi connectivity index (χ1) is 20.7. The standard InChI is InChI=1S/C33H36N4O6/c1-4-41-28-19-23(10-13-26(28)42-20(2)3)29(36-24-11-12-25-22(18-24)14-16-35-31(25)34)32(38)37-17-15-27(43-33(39)40)30(37)21-8-6-5-7-9-21/h5-14,16,18-20,27,29-30,36H,4,15,17H2,1-3H3,(H2,34,35)(H,39,40). The van der Waals surface area contributed by atoms with Crippen LogP contribution >= 0.6 is 0 Å². The molecule has 0 radical (unpaired) electrons. The molecule has 1 aliphatic heterocycles. The molecule has 4 N–H and O–H groups in total. The van der Waals surface area contributed by atoms with Gasteiger partial charge in [0, 0.05) is 30.2 Å². The van der Waals surface area contributed by atoms with Gasteiger partial charge >= 0.3 is 6.16 Å². The third kappa shape index (κ3) is 6.58. The average Bonchev–Trinajstić information content (AvgIpc) is 3.39. The fraction of sp³-hybridized carbons (Fsp3) is 0.303. The summed E-state index contributed by atoms with van der Waals surface area (Å²) < 4.78 is 17.2. The summed E-state index contributed by atoms with van der Waals surface area (Å²) in [5, 5.41) is 14.6. The number of benzene rings is 3. The molecule has 0 bridgehead atoms. The number of carbonyl (C=O) groups excluding carboxylic acids is 1. The Kier molecular flexibility index (Phi) is 8.85. The minimum atomic E-state index is -1.37. The number of pyridine rings is 1. The lowest BCUT2D eigenvalue weighted by atomic mass is 9.99. The maximum atomic E-state index is 14.6. The maximum absolute atomic E-state index is 14.6. The smallest absolute Gasteiger partial charge is 0.490 e. The number of hydrogen-bond donors (Lipinski definition) is 3. The summed E-state index contributed by atoms with van der Waals surface area (Å²) in [6.07, 6.45) is -0.132. The summed E-state index contributed by atoms with van der Waals surface area (Å²) >= 11 is 0. The molecule has 43 heavy (non-hydrogen) atoms. The minimum absolute atomic E-state index is 0.0671. The number of nitrogens with zero attached hydrogens (tertiary/aromatic N) is 2. The number of carbonyl (C=O) groups is 2. The van der Waals surface area contributed by atoms with Crippen molar-refractivity contribution >= 4 is 34.3 Å². The van der Waals surface area contributed by atoms with Gasteiger partial charge in [-0.25, -0.2) is 9.78 Å². The molecule has 10 nitrogen and oxygen atoms in total. The van der Waals surface area contributed by atoms with Crippen molar-refractivity contribution in [2.75, 3.05) is 24.2 Å². The molecule has 1 aromatic heterocycles. The van der Waals surface area contributed by atoms with Crippen molar-refractivity contribution < 1.29 is 28.9 Å². The van der Waals surface area contributed by atoms with Gasteiger partial charge in [0.05, 0.1) is 18.8 Å². The molecule has 1 amide bonds. The van der Waals surface area contributed by atoms with Gasteiger partial charge in [-0.15, -0.1) is 0 Å². The second-order valence-corrected chi connectivity index (χ2v) is 10.6. The molecule has 5 rings (SSSR count). The van der Waals surface area contributed by atoms with E-state index in [1.54, 1.807) is 11.1 Å². The minimum Gasteiger partial charge on any atom is -0.490 e. The highest BCUT2D eigenvalue weighted by Crippen LogP contribution is 2.39. The average molecular weight is 585 g/mol. The van der Waals surface area contributed by atoms with Gasteiger partial charge in [0.15, 0.2) is 11.5 Å². The van der Waals surface area contributed by atoms with Crippen molar-refractivity contribution in [3.05, 3.63) is 90.1 Å². The van der Waals surface area contributed by atoms with E-state index in [0.29, 0.717) is 48.1 Å². The number of likely N-dealkylation sites (tertiary alicyclic amines) is 1. The quantitative estimate of drug-likeness (QED) is 0.186. The summed E-state index contributed by atoms with van der Waals surface area (Å²) in [7, 11) is 0. The Balaban J connectivity index is 1.57. The van der Waals surface area contributed by atoms with E-state index in [1.807, 2.05) is 93.6 Å². The first-order valence-corrected chi connectivity index (χ1v) is 14.3. The Labute approximate surface area is 250 Å². The number of aromatic nitrogens is 1. The van der Waals surface area contributed by atoms with Gasteiger partial charge in [0.2, 0.25) is 5.91 Å². The van der Waals surface area contributed by atoms with Crippen LogP contribution < -0.4 is 20.5 Å². The number of nitrogen functional groups attached to an aromatic ring is 1. The highest BCUT2D eigenvalue weighted by molar-refractivity contribution is 5.94. The van der Waals surface area contributed by atoms with E-state index in [0.717, 1.165) is 16.3 Å². The van der Waals surface area contributed by atoms with E-state index in [2.05, 4.69) is 10.3 Å². The largest absolute Gasteiger partial charge is 0.506 e. The van der Waals surface area contributed by atoms with Crippen LogP contribution in [0.3, 0.4) is 0 Å². The fourth-order valence-electron chi connectivity index (χ4n) is 5.54. The molecule has 1 aliphatic rings. The maximum Gasteiger partial charge on any atom is 0.506 e. The van der Waals surface area contributed by atoms with Gasteiger partial charge < -0.3 is 35.3 Å². The molecular formula is C33H36N4O6. The number of fused-ring (bicyclic) bond motifs is 1. The van der Waals surface area contributed by atoms with Crippen LogP contribution in [-0.2, 0) is 9.53 Å². The van der Waals surface area contributed by atoms with E-state index in [-0.39, 0.29) is 12.0 Å². The van der Waals surface area contributed by atoms with E-state index < -0.39 is 24.3 Å². The lowest BCUT2D eigenvalue weighted by Crippen LogP contribution is -2.39. The highest BCUT2D eigenvalue weighted by atomic mass is 16.7. The SMILES string of the molecule is CCOc1cc(C(Nc2ccc3c(N)nccc3c2)C(=O)N2CCC(OC(=O)O)C2c2ccccc2)ccc1OC(C)C. The number of nitrogens with one attached hydrogen (secondary N) is 1. The zero-order valence-electron chi connectivity index (χ0n) is 24.4. The van der Waals surface area contributed by atoms with Crippen LogP contribution in [0.4, 0.5) is 16.3 Å². The van der Waals surface area contributed by atoms with Gasteiger partial charge in [0.1, 0.15) is 18.0 Å². The van der Waals surface area contributed by atoms with Crippen molar-refractivity contribution in [2.45, 2.75) is 51.5 Å². The molecule has 0 aliphatic carbocycles. The van der Waals surface area contributed by atoms with E-state index >= 15 is 0 Å². The van der Waals surface area contributed by atoms with Crippen molar-refractivity contribution in [1.29, 1.82) is 0 Å². The summed E-state index contributed by atoms with van der Waals surface area (Å²) in [5.74, 6) is 1.29. The van der Waals surface area contributed by atoms with E-state index in [4.69, 9.17) is 19.9 Å². The van der Waals surface area contributed by atoms with Crippen LogP contribution in [0.25, 0.3) is 10.8 Å². The van der Waals surface area contributed by atoms with Crippen LogP contribution in [0.1, 0.15) is 50.4 Å². The number of rotatable bonds is 10. The fourth-order valence-corrected chi connectivity index (χ4v) is 5.54. The van der Waals surface area contributed by atoms with E-state index in [1.165, 1.54) is 0 Å². The second kappa shape index (κ2) is 12.9. The summed E-state index contributed by atoms with van der Waals surface area (Å²) in [6, 6.07) is 20.9. The molecule has 0 saturated carbocycles. The van der Waals surface area contributed by atoms with Crippen LogP contribution in [-0.4, -0.2) is 52.4 Å². The third-order valence-corrected chi connectivity index (χ3v) is 7.34. The van der Waals surface area contributed by atoms with Gasteiger partial charge in [-0.1, -0.05) is 36.4 Å². The molecule has 0 spiro atoms. The second-order valence-electron chi connectivity index (χ2n) is 10.6. The van der Waals surface area contributed by atoms with Crippen LogP contribution in [0, 0.1) is 0 Å². The Bertz CT molecular complexity index is 1600. The van der Waals surface area contributed by atoms with Crippen LogP contribution in [0.5, 0.6) is 11.5 Å². The molecule has 3 atom stereocenters.